The van der Waals surface area contributed by atoms with Crippen LogP contribution in [0.5, 0.6) is 0 Å². The zero-order valence-corrected chi connectivity index (χ0v) is 27.0. The largest absolute Gasteiger partial charge is 0.474 e. The Labute approximate surface area is 253 Å². The minimum atomic E-state index is -4.87. The van der Waals surface area contributed by atoms with E-state index in [0.717, 1.165) is 52.5 Å². The number of phosphoric acid groups is 1. The average Bonchev–Trinajstić information content (AvgIpc) is 2.85. The molecule has 43 heavy (non-hydrogen) atoms. The Morgan fingerprint density at radius 3 is 1.77 bits per heavy atom. The number of carbonyl (C=O) groups is 4. The molecule has 1 N–H and O–H groups in total. The van der Waals surface area contributed by atoms with Crippen molar-refractivity contribution in [2.75, 3.05) is 13.2 Å². The van der Waals surface area contributed by atoms with E-state index in [0.29, 0.717) is 6.42 Å². The van der Waals surface area contributed by atoms with Crippen LogP contribution in [-0.2, 0) is 56.5 Å². The van der Waals surface area contributed by atoms with Gasteiger partial charge in [-0.05, 0) is 53.4 Å². The first-order valence-electron chi connectivity index (χ1n) is 13.9. The fourth-order valence-corrected chi connectivity index (χ4v) is 4.80. The van der Waals surface area contributed by atoms with Crippen molar-refractivity contribution in [1.82, 2.24) is 0 Å². The molecule has 1 rings (SSSR count). The summed E-state index contributed by atoms with van der Waals surface area (Å²) < 4.78 is 49.6. The van der Waals surface area contributed by atoms with Crippen LogP contribution in [0.25, 0.3) is 0 Å². The second-order valence-electron chi connectivity index (χ2n) is 10.4. The van der Waals surface area contributed by atoms with Crippen LogP contribution >= 0.6 is 7.82 Å². The summed E-state index contributed by atoms with van der Waals surface area (Å²) >= 11 is 0. The number of esters is 4. The van der Waals surface area contributed by atoms with Crippen molar-refractivity contribution in [2.24, 2.45) is 0 Å². The Kier molecular flexibility index (Phi) is 16.7. The number of hydrogen-bond donors (Lipinski definition) is 1. The van der Waals surface area contributed by atoms with E-state index < -0.39 is 69.0 Å². The molecule has 1 saturated heterocycles. The SMILES string of the molecule is CC(=O)OC[C@H]1O[C@H](OP(=O)(O)OC/C=C(\C)CC/C=C(\C)CCC=C(C)C)[C@@H](OC(C)=O)[C@@H](OC(C)=O)[C@@H]1OC(C)=O. The zero-order chi connectivity index (χ0) is 32.7. The standard InChI is InChI=1S/C29H45O13P/c1-18(2)11-9-12-19(3)13-10-14-20(4)15-16-37-43(34,35)42-29-28(40-24(8)33)27(39-23(7)32)26(38-22(6)31)25(41-29)17-36-21(5)30/h11,13,15,25-29H,9-10,12,14,16-17H2,1-8H3,(H,34,35)/b19-13+,20-15+/t25-,26-,27+,28+,29-/m1/s1. The highest BCUT2D eigenvalue weighted by Crippen LogP contribution is 2.47. The third-order valence-electron chi connectivity index (χ3n) is 5.98. The van der Waals surface area contributed by atoms with E-state index >= 15 is 0 Å². The highest BCUT2D eigenvalue weighted by molar-refractivity contribution is 7.47. The average molecular weight is 633 g/mol. The van der Waals surface area contributed by atoms with Crippen LogP contribution in [-0.4, -0.2) is 72.7 Å². The first-order chi connectivity index (χ1) is 20.0. The molecule has 0 bridgehead atoms. The van der Waals surface area contributed by atoms with Gasteiger partial charge in [-0.15, -0.1) is 0 Å². The third-order valence-corrected chi connectivity index (χ3v) is 6.93. The molecule has 1 unspecified atom stereocenters. The first kappa shape index (κ1) is 38.2. The minimum absolute atomic E-state index is 0.284. The molecule has 1 fully saturated rings. The normalized spacial score (nSPS) is 23.9. The molecule has 6 atom stereocenters. The Morgan fingerprint density at radius 1 is 0.721 bits per heavy atom. The molecule has 0 radical (unpaired) electrons. The maximum Gasteiger partial charge on any atom is 0.474 e. The Hall–Kier alpha value is -2.83. The van der Waals surface area contributed by atoms with E-state index in [2.05, 4.69) is 32.9 Å². The van der Waals surface area contributed by atoms with Gasteiger partial charge in [-0.1, -0.05) is 34.9 Å². The Morgan fingerprint density at radius 2 is 1.23 bits per heavy atom. The molecule has 244 valence electrons. The predicted molar refractivity (Wildman–Crippen MR) is 154 cm³/mol. The van der Waals surface area contributed by atoms with Crippen molar-refractivity contribution in [1.29, 1.82) is 0 Å². The van der Waals surface area contributed by atoms with Crippen LogP contribution in [0, 0.1) is 0 Å². The van der Waals surface area contributed by atoms with Crippen LogP contribution in [0.3, 0.4) is 0 Å². The molecule has 1 aliphatic heterocycles. The van der Waals surface area contributed by atoms with E-state index in [1.54, 1.807) is 6.08 Å². The second-order valence-corrected chi connectivity index (χ2v) is 11.8. The van der Waals surface area contributed by atoms with Crippen LogP contribution in [0.4, 0.5) is 0 Å². The van der Waals surface area contributed by atoms with E-state index in [1.807, 2.05) is 6.92 Å². The topological polar surface area (TPSA) is 170 Å². The predicted octanol–water partition coefficient (Wildman–Crippen LogP) is 4.62. The van der Waals surface area contributed by atoms with Gasteiger partial charge < -0.3 is 28.6 Å². The third kappa shape index (κ3) is 16.0. The molecule has 1 aliphatic rings. The van der Waals surface area contributed by atoms with E-state index in [1.165, 1.54) is 11.1 Å². The van der Waals surface area contributed by atoms with Gasteiger partial charge in [0.05, 0.1) is 6.61 Å². The lowest BCUT2D eigenvalue weighted by atomic mass is 9.98. The van der Waals surface area contributed by atoms with Crippen molar-refractivity contribution < 1.29 is 61.4 Å². The molecule has 0 spiro atoms. The first-order valence-corrected chi connectivity index (χ1v) is 15.4. The second kappa shape index (κ2) is 18.7. The molecule has 0 aliphatic carbocycles. The molecule has 14 heteroatoms. The van der Waals surface area contributed by atoms with Crippen LogP contribution in [0.2, 0.25) is 0 Å². The lowest BCUT2D eigenvalue weighted by Gasteiger charge is -2.43. The van der Waals surface area contributed by atoms with Gasteiger partial charge in [-0.3, -0.25) is 28.2 Å². The van der Waals surface area contributed by atoms with Crippen molar-refractivity contribution >= 4 is 31.7 Å². The molecular formula is C29H45O13P. The quantitative estimate of drug-likeness (QED) is 0.108. The molecule has 0 aromatic carbocycles. The summed E-state index contributed by atoms with van der Waals surface area (Å²) in [5.41, 5.74) is 3.48. The van der Waals surface area contributed by atoms with Gasteiger partial charge in [-0.25, -0.2) is 4.57 Å². The monoisotopic (exact) mass is 632 g/mol. The molecule has 0 amide bonds. The summed E-state index contributed by atoms with van der Waals surface area (Å²) in [6.45, 7) is 11.6. The van der Waals surface area contributed by atoms with Gasteiger partial charge in [0, 0.05) is 27.7 Å². The van der Waals surface area contributed by atoms with Crippen molar-refractivity contribution in [3.8, 4) is 0 Å². The minimum Gasteiger partial charge on any atom is -0.463 e. The van der Waals surface area contributed by atoms with Gasteiger partial charge in [0.25, 0.3) is 0 Å². The van der Waals surface area contributed by atoms with Gasteiger partial charge in [0.2, 0.25) is 6.29 Å². The van der Waals surface area contributed by atoms with Crippen LogP contribution in [0.1, 0.15) is 81.1 Å². The van der Waals surface area contributed by atoms with E-state index in [9.17, 15) is 28.6 Å². The summed E-state index contributed by atoms with van der Waals surface area (Å²) in [6.07, 6.45) is 1.61. The van der Waals surface area contributed by atoms with Crippen molar-refractivity contribution in [3.63, 3.8) is 0 Å². The zero-order valence-electron chi connectivity index (χ0n) is 26.2. The van der Waals surface area contributed by atoms with Crippen LogP contribution < -0.4 is 0 Å². The molecule has 0 aromatic rings. The maximum absolute atomic E-state index is 12.9. The number of allylic oxidation sites excluding steroid dienone is 5. The highest BCUT2D eigenvalue weighted by Gasteiger charge is 2.54. The molecular weight excluding hydrogens is 587 g/mol. The van der Waals surface area contributed by atoms with Gasteiger partial charge in [-0.2, -0.15) is 0 Å². The Balaban J connectivity index is 3.03. The summed E-state index contributed by atoms with van der Waals surface area (Å²) in [7, 11) is -4.87. The van der Waals surface area contributed by atoms with Crippen molar-refractivity contribution in [3.05, 3.63) is 34.9 Å². The molecule has 0 aromatic heterocycles. The number of carbonyl (C=O) groups excluding carboxylic acids is 4. The van der Waals surface area contributed by atoms with E-state index in [4.69, 9.17) is 32.7 Å². The molecule has 1 heterocycles. The summed E-state index contributed by atoms with van der Waals surface area (Å²) in [5, 5.41) is 0. The van der Waals surface area contributed by atoms with Gasteiger partial charge in [0.15, 0.2) is 18.3 Å². The smallest absolute Gasteiger partial charge is 0.463 e. The lowest BCUT2D eigenvalue weighted by molar-refractivity contribution is -0.291. The van der Waals surface area contributed by atoms with Gasteiger partial charge in [0.1, 0.15) is 12.7 Å². The lowest BCUT2D eigenvalue weighted by Crippen LogP contribution is -2.62. The summed E-state index contributed by atoms with van der Waals surface area (Å²) in [6, 6.07) is 0. The fourth-order valence-electron chi connectivity index (χ4n) is 4.05. The molecule has 13 nitrogen and oxygen atoms in total. The Bertz CT molecular complexity index is 1110. The number of rotatable bonds is 16. The molecule has 0 saturated carbocycles. The number of hydrogen-bond acceptors (Lipinski definition) is 12. The fraction of sp³-hybridized carbons (Fsp3) is 0.655. The maximum atomic E-state index is 12.9. The number of ether oxygens (including phenoxy) is 5. The van der Waals surface area contributed by atoms with Crippen LogP contribution in [0.15, 0.2) is 34.9 Å². The number of phosphoric ester groups is 1. The van der Waals surface area contributed by atoms with E-state index in [-0.39, 0.29) is 6.61 Å². The van der Waals surface area contributed by atoms with Crippen molar-refractivity contribution in [2.45, 2.75) is 112 Å². The summed E-state index contributed by atoms with van der Waals surface area (Å²) in [5.74, 6) is -3.25. The summed E-state index contributed by atoms with van der Waals surface area (Å²) in [4.78, 5) is 57.5. The van der Waals surface area contributed by atoms with Gasteiger partial charge >= 0.3 is 31.7 Å². The highest BCUT2D eigenvalue weighted by atomic mass is 31.2.